The van der Waals surface area contributed by atoms with Gasteiger partial charge < -0.3 is 14.8 Å². The van der Waals surface area contributed by atoms with Gasteiger partial charge in [-0.25, -0.2) is 4.79 Å². The molecule has 0 saturated carbocycles. The Morgan fingerprint density at radius 3 is 2.69 bits per heavy atom. The lowest BCUT2D eigenvalue weighted by molar-refractivity contribution is 0.0552. The molecule has 1 heterocycles. The molecule has 0 aromatic heterocycles. The highest BCUT2D eigenvalue weighted by Gasteiger charge is 2.21. The van der Waals surface area contributed by atoms with Gasteiger partial charge in [-0.05, 0) is 25.7 Å². The minimum Gasteiger partial charge on any atom is -0.453 e. The van der Waals surface area contributed by atoms with Crippen LogP contribution in [0.3, 0.4) is 0 Å². The van der Waals surface area contributed by atoms with E-state index in [2.05, 4.69) is 10.1 Å². The van der Waals surface area contributed by atoms with E-state index in [-0.39, 0.29) is 12.1 Å². The maximum atomic E-state index is 10.9. The zero-order valence-corrected chi connectivity index (χ0v) is 8.21. The predicted octanol–water partition coefficient (Wildman–Crippen LogP) is 1.16. The van der Waals surface area contributed by atoms with Gasteiger partial charge in [0.2, 0.25) is 0 Å². The number of nitrogens with one attached hydrogen (secondary N) is 1. The van der Waals surface area contributed by atoms with Crippen LogP contribution < -0.4 is 5.32 Å². The molecule has 0 unspecified atom stereocenters. The van der Waals surface area contributed by atoms with Gasteiger partial charge in [0, 0.05) is 19.3 Å². The smallest absolute Gasteiger partial charge is 0.407 e. The van der Waals surface area contributed by atoms with Gasteiger partial charge in [0.05, 0.1) is 7.11 Å². The monoisotopic (exact) mass is 187 g/mol. The number of ether oxygens (including phenoxy) is 2. The summed E-state index contributed by atoms with van der Waals surface area (Å²) in [7, 11) is 1.38. The van der Waals surface area contributed by atoms with Crippen LogP contribution >= 0.6 is 0 Å². The molecule has 1 aliphatic rings. The fourth-order valence-corrected chi connectivity index (χ4v) is 1.58. The maximum absolute atomic E-state index is 10.9. The molecule has 1 atom stereocenters. The normalized spacial score (nSPS) is 20.8. The van der Waals surface area contributed by atoms with Crippen LogP contribution in [0.2, 0.25) is 0 Å². The van der Waals surface area contributed by atoms with Gasteiger partial charge in [-0.15, -0.1) is 0 Å². The summed E-state index contributed by atoms with van der Waals surface area (Å²) in [6.45, 7) is 3.61. The Hall–Kier alpha value is -0.770. The molecule has 13 heavy (non-hydrogen) atoms. The molecule has 1 aliphatic heterocycles. The van der Waals surface area contributed by atoms with Crippen molar-refractivity contribution in [2.24, 2.45) is 5.92 Å². The van der Waals surface area contributed by atoms with E-state index < -0.39 is 0 Å². The van der Waals surface area contributed by atoms with Crippen molar-refractivity contribution in [1.82, 2.24) is 5.32 Å². The first-order valence-electron chi connectivity index (χ1n) is 4.66. The minimum absolute atomic E-state index is 0.177. The molecule has 1 rings (SSSR count). The number of methoxy groups -OCH3 is 1. The fraction of sp³-hybridized carbons (Fsp3) is 0.889. The van der Waals surface area contributed by atoms with Crippen molar-refractivity contribution in [3.63, 3.8) is 0 Å². The van der Waals surface area contributed by atoms with E-state index in [1.165, 1.54) is 7.11 Å². The van der Waals surface area contributed by atoms with Crippen LogP contribution in [0.15, 0.2) is 0 Å². The Labute approximate surface area is 78.6 Å². The molecule has 1 amide bonds. The standard InChI is InChI=1S/C9H17NO3/c1-7(10-9(11)12-2)8-3-5-13-6-4-8/h7-8H,3-6H2,1-2H3,(H,10,11)/t7-/m1/s1. The van der Waals surface area contributed by atoms with Crippen LogP contribution in [0.1, 0.15) is 19.8 Å². The lowest BCUT2D eigenvalue weighted by Gasteiger charge is -2.27. The van der Waals surface area contributed by atoms with Crippen molar-refractivity contribution < 1.29 is 14.3 Å². The molecule has 4 heteroatoms. The second-order valence-corrected chi connectivity index (χ2v) is 3.37. The average molecular weight is 187 g/mol. The van der Waals surface area contributed by atoms with Crippen molar-refractivity contribution in [2.75, 3.05) is 20.3 Å². The highest BCUT2D eigenvalue weighted by molar-refractivity contribution is 5.67. The third-order valence-corrected chi connectivity index (χ3v) is 2.50. The number of amides is 1. The molecule has 1 N–H and O–H groups in total. The van der Waals surface area contributed by atoms with Crippen molar-refractivity contribution in [1.29, 1.82) is 0 Å². The lowest BCUT2D eigenvalue weighted by Crippen LogP contribution is -2.40. The number of hydrogen-bond donors (Lipinski definition) is 1. The molecule has 1 saturated heterocycles. The van der Waals surface area contributed by atoms with Crippen molar-refractivity contribution in [3.05, 3.63) is 0 Å². The van der Waals surface area contributed by atoms with Gasteiger partial charge in [0.25, 0.3) is 0 Å². The van der Waals surface area contributed by atoms with Crippen LogP contribution in [0.25, 0.3) is 0 Å². The second-order valence-electron chi connectivity index (χ2n) is 3.37. The van der Waals surface area contributed by atoms with E-state index in [0.717, 1.165) is 26.1 Å². The van der Waals surface area contributed by atoms with E-state index >= 15 is 0 Å². The van der Waals surface area contributed by atoms with Gasteiger partial charge in [0.1, 0.15) is 0 Å². The lowest BCUT2D eigenvalue weighted by atomic mass is 9.93. The minimum atomic E-state index is -0.348. The number of carbonyl (C=O) groups excluding carboxylic acids is 1. The first kappa shape index (κ1) is 10.3. The average Bonchev–Trinajstić information content (AvgIpc) is 2.19. The van der Waals surface area contributed by atoms with Crippen molar-refractivity contribution in [2.45, 2.75) is 25.8 Å². The zero-order valence-electron chi connectivity index (χ0n) is 8.21. The Bertz CT molecular complexity index is 166. The summed E-state index contributed by atoms with van der Waals surface area (Å²) in [6, 6.07) is 0.177. The molecular formula is C9H17NO3. The molecule has 0 bridgehead atoms. The summed E-state index contributed by atoms with van der Waals surface area (Å²) in [5, 5.41) is 2.78. The SMILES string of the molecule is COC(=O)N[C@H](C)C1CCOCC1. The topological polar surface area (TPSA) is 47.6 Å². The summed E-state index contributed by atoms with van der Waals surface area (Å²) in [6.07, 6.45) is 1.69. The van der Waals surface area contributed by atoms with Gasteiger partial charge in [-0.3, -0.25) is 0 Å². The van der Waals surface area contributed by atoms with E-state index in [4.69, 9.17) is 4.74 Å². The molecular weight excluding hydrogens is 170 g/mol. The van der Waals surface area contributed by atoms with E-state index in [9.17, 15) is 4.79 Å². The predicted molar refractivity (Wildman–Crippen MR) is 48.5 cm³/mol. The zero-order chi connectivity index (χ0) is 9.68. The molecule has 0 aliphatic carbocycles. The molecule has 4 nitrogen and oxygen atoms in total. The highest BCUT2D eigenvalue weighted by atomic mass is 16.5. The molecule has 0 aromatic rings. The fourth-order valence-electron chi connectivity index (χ4n) is 1.58. The van der Waals surface area contributed by atoms with Gasteiger partial charge in [-0.1, -0.05) is 0 Å². The molecule has 0 spiro atoms. The van der Waals surface area contributed by atoms with E-state index in [0.29, 0.717) is 5.92 Å². The Morgan fingerprint density at radius 2 is 2.15 bits per heavy atom. The van der Waals surface area contributed by atoms with Crippen LogP contribution in [0.4, 0.5) is 4.79 Å². The first-order chi connectivity index (χ1) is 6.24. The van der Waals surface area contributed by atoms with Crippen molar-refractivity contribution in [3.8, 4) is 0 Å². The molecule has 0 radical (unpaired) electrons. The molecule has 1 fully saturated rings. The maximum Gasteiger partial charge on any atom is 0.407 e. The van der Waals surface area contributed by atoms with E-state index in [1.807, 2.05) is 6.92 Å². The number of rotatable bonds is 2. The van der Waals surface area contributed by atoms with Crippen LogP contribution in [-0.2, 0) is 9.47 Å². The highest BCUT2D eigenvalue weighted by Crippen LogP contribution is 2.18. The van der Waals surface area contributed by atoms with Crippen molar-refractivity contribution >= 4 is 6.09 Å². The molecule has 0 aromatic carbocycles. The first-order valence-corrected chi connectivity index (χ1v) is 4.66. The van der Waals surface area contributed by atoms with Crippen LogP contribution in [0.5, 0.6) is 0 Å². The Morgan fingerprint density at radius 1 is 1.54 bits per heavy atom. The van der Waals surface area contributed by atoms with Crippen LogP contribution in [-0.4, -0.2) is 32.5 Å². The summed E-state index contributed by atoms with van der Waals surface area (Å²) in [5.74, 6) is 0.521. The number of hydrogen-bond acceptors (Lipinski definition) is 3. The Balaban J connectivity index is 2.28. The summed E-state index contributed by atoms with van der Waals surface area (Å²) in [4.78, 5) is 10.9. The van der Waals surface area contributed by atoms with Gasteiger partial charge in [0.15, 0.2) is 0 Å². The van der Waals surface area contributed by atoms with Crippen LogP contribution in [0, 0.1) is 5.92 Å². The molecule has 76 valence electrons. The summed E-state index contributed by atoms with van der Waals surface area (Å²) >= 11 is 0. The summed E-state index contributed by atoms with van der Waals surface area (Å²) in [5.41, 5.74) is 0. The third-order valence-electron chi connectivity index (χ3n) is 2.50. The Kier molecular flexibility index (Phi) is 4.02. The quantitative estimate of drug-likeness (QED) is 0.705. The second kappa shape index (κ2) is 5.07. The largest absolute Gasteiger partial charge is 0.453 e. The third kappa shape index (κ3) is 3.22. The van der Waals surface area contributed by atoms with Gasteiger partial charge in [-0.2, -0.15) is 0 Å². The number of alkyl carbamates (subject to hydrolysis) is 1. The number of carbonyl (C=O) groups is 1. The van der Waals surface area contributed by atoms with Gasteiger partial charge >= 0.3 is 6.09 Å². The summed E-state index contributed by atoms with van der Waals surface area (Å²) < 4.78 is 9.77. The van der Waals surface area contributed by atoms with E-state index in [1.54, 1.807) is 0 Å².